The zero-order valence-corrected chi connectivity index (χ0v) is 18.3. The number of aryl methyl sites for hydroxylation is 1. The van der Waals surface area contributed by atoms with Crippen LogP contribution >= 0.6 is 0 Å². The van der Waals surface area contributed by atoms with Crippen molar-refractivity contribution in [3.63, 3.8) is 0 Å². The first kappa shape index (κ1) is 22.5. The first-order chi connectivity index (χ1) is 14.9. The highest BCUT2D eigenvalue weighted by atomic mass is 32.2. The predicted molar refractivity (Wildman–Crippen MR) is 119 cm³/mol. The molecule has 8 heteroatoms. The number of pyridine rings is 1. The topological polar surface area (TPSA) is 88.6 Å². The Morgan fingerprint density at radius 3 is 2.52 bits per heavy atom. The van der Waals surface area contributed by atoms with E-state index in [4.69, 9.17) is 4.74 Å². The molecule has 1 amide bonds. The normalized spacial score (nSPS) is 11.2. The number of rotatable bonds is 9. The number of anilines is 1. The molecule has 3 rings (SSSR count). The number of aromatic nitrogens is 1. The van der Waals surface area contributed by atoms with Crippen LogP contribution in [0.4, 0.5) is 5.69 Å². The maximum Gasteiger partial charge on any atom is 0.261 e. The molecule has 0 saturated carbocycles. The van der Waals surface area contributed by atoms with Gasteiger partial charge in [0.05, 0.1) is 23.7 Å². The summed E-state index contributed by atoms with van der Waals surface area (Å²) in [5.74, 6) is -0.296. The van der Waals surface area contributed by atoms with Crippen molar-refractivity contribution in [3.8, 4) is 0 Å². The molecule has 0 aliphatic carbocycles. The monoisotopic (exact) mass is 439 g/mol. The Labute approximate surface area is 182 Å². The highest BCUT2D eigenvalue weighted by Gasteiger charge is 2.20. The number of methoxy groups -OCH3 is 1. The fraction of sp³-hybridized carbons (Fsp3) is 0.217. The molecule has 0 fully saturated rings. The maximum absolute atomic E-state index is 13.2. The van der Waals surface area contributed by atoms with Crippen molar-refractivity contribution in [2.24, 2.45) is 0 Å². The highest BCUT2D eigenvalue weighted by Crippen LogP contribution is 2.19. The molecule has 2 aromatic carbocycles. The summed E-state index contributed by atoms with van der Waals surface area (Å²) < 4.78 is 33.3. The first-order valence-electron chi connectivity index (χ1n) is 9.77. The molecule has 1 heterocycles. The number of ether oxygens (including phenoxy) is 1. The summed E-state index contributed by atoms with van der Waals surface area (Å²) in [6, 6.07) is 18.5. The lowest BCUT2D eigenvalue weighted by Crippen LogP contribution is -2.33. The smallest absolute Gasteiger partial charge is 0.261 e. The zero-order valence-electron chi connectivity index (χ0n) is 17.5. The minimum absolute atomic E-state index is 0.0171. The van der Waals surface area contributed by atoms with E-state index in [0.29, 0.717) is 25.4 Å². The summed E-state index contributed by atoms with van der Waals surface area (Å²) >= 11 is 0. The minimum atomic E-state index is -3.84. The van der Waals surface area contributed by atoms with Gasteiger partial charge < -0.3 is 9.64 Å². The molecule has 0 atom stereocenters. The molecule has 0 spiro atoms. The van der Waals surface area contributed by atoms with Crippen molar-refractivity contribution >= 4 is 21.6 Å². The maximum atomic E-state index is 13.2. The van der Waals surface area contributed by atoms with Crippen molar-refractivity contribution in [2.45, 2.75) is 18.4 Å². The van der Waals surface area contributed by atoms with Crippen LogP contribution in [-0.4, -0.2) is 44.5 Å². The Balaban J connectivity index is 1.83. The lowest BCUT2D eigenvalue weighted by Gasteiger charge is -2.22. The molecule has 3 aromatic rings. The molecule has 1 aromatic heterocycles. The second-order valence-electron chi connectivity index (χ2n) is 7.04. The number of nitrogens with zero attached hydrogens (tertiary/aromatic N) is 2. The van der Waals surface area contributed by atoms with Gasteiger partial charge in [0.2, 0.25) is 0 Å². The van der Waals surface area contributed by atoms with Crippen LogP contribution in [0.3, 0.4) is 0 Å². The molecular formula is C23H25N3O4S. The van der Waals surface area contributed by atoms with Crippen LogP contribution in [0.15, 0.2) is 77.8 Å². The van der Waals surface area contributed by atoms with Gasteiger partial charge in [0.1, 0.15) is 0 Å². The number of benzene rings is 2. The molecule has 1 N–H and O–H groups in total. The average Bonchev–Trinajstić information content (AvgIpc) is 2.78. The second kappa shape index (κ2) is 10.2. The molecule has 7 nitrogen and oxygen atoms in total. The lowest BCUT2D eigenvalue weighted by atomic mass is 10.2. The van der Waals surface area contributed by atoms with Crippen LogP contribution in [0.2, 0.25) is 0 Å². The number of hydrogen-bond acceptors (Lipinski definition) is 5. The van der Waals surface area contributed by atoms with E-state index in [1.807, 2.05) is 31.2 Å². The second-order valence-corrected chi connectivity index (χ2v) is 8.72. The van der Waals surface area contributed by atoms with Crippen LogP contribution in [0.25, 0.3) is 0 Å². The molecule has 0 aliphatic rings. The number of sulfonamides is 1. The van der Waals surface area contributed by atoms with E-state index in [2.05, 4.69) is 9.71 Å². The first-order valence-corrected chi connectivity index (χ1v) is 11.2. The number of nitrogens with one attached hydrogen (secondary N) is 1. The molecule has 31 heavy (non-hydrogen) atoms. The molecule has 0 bridgehead atoms. The molecule has 0 unspecified atom stereocenters. The van der Waals surface area contributed by atoms with E-state index in [-0.39, 0.29) is 16.4 Å². The summed E-state index contributed by atoms with van der Waals surface area (Å²) in [5.41, 5.74) is 2.49. The van der Waals surface area contributed by atoms with Gasteiger partial charge >= 0.3 is 0 Å². The van der Waals surface area contributed by atoms with Crippen LogP contribution in [0, 0.1) is 6.92 Å². The summed E-state index contributed by atoms with van der Waals surface area (Å²) in [5, 5.41) is 0. The Kier molecular flexibility index (Phi) is 7.38. The largest absolute Gasteiger partial charge is 0.383 e. The predicted octanol–water partition coefficient (Wildman–Crippen LogP) is 3.48. The fourth-order valence-electron chi connectivity index (χ4n) is 2.96. The van der Waals surface area contributed by atoms with E-state index < -0.39 is 10.0 Å². The van der Waals surface area contributed by atoms with Gasteiger partial charge in [-0.05, 0) is 49.4 Å². The highest BCUT2D eigenvalue weighted by molar-refractivity contribution is 7.92. The standard InChI is InChI=1S/C23H25N3O4S/c1-18-9-11-20(12-10-18)25-31(28,29)22-8-5-6-19(16-22)23(27)26(14-15-30-2)17-21-7-3-4-13-24-21/h3-13,16,25H,14-15,17H2,1-2H3. The van der Waals surface area contributed by atoms with Crippen molar-refractivity contribution in [1.29, 1.82) is 0 Å². The molecule has 0 aliphatic heterocycles. The van der Waals surface area contributed by atoms with Gasteiger partial charge in [-0.1, -0.05) is 29.8 Å². The number of amides is 1. The Morgan fingerprint density at radius 2 is 1.84 bits per heavy atom. The average molecular weight is 440 g/mol. The third-order valence-electron chi connectivity index (χ3n) is 4.63. The third-order valence-corrected chi connectivity index (χ3v) is 6.01. The number of carbonyl (C=O) groups is 1. The Bertz CT molecular complexity index is 1120. The van der Waals surface area contributed by atoms with Gasteiger partial charge in [-0.15, -0.1) is 0 Å². The van der Waals surface area contributed by atoms with E-state index in [1.165, 1.54) is 12.1 Å². The molecule has 0 radical (unpaired) electrons. The van der Waals surface area contributed by atoms with Crippen molar-refractivity contribution in [2.75, 3.05) is 25.0 Å². The van der Waals surface area contributed by atoms with Gasteiger partial charge in [0, 0.05) is 31.1 Å². The molecular weight excluding hydrogens is 414 g/mol. The SMILES string of the molecule is COCCN(Cc1ccccn1)C(=O)c1cccc(S(=O)(=O)Nc2ccc(C)cc2)c1. The van der Waals surface area contributed by atoms with Crippen LogP contribution < -0.4 is 4.72 Å². The molecule has 0 saturated heterocycles. The number of hydrogen-bond donors (Lipinski definition) is 1. The summed E-state index contributed by atoms with van der Waals surface area (Å²) in [7, 11) is -2.28. The Hall–Kier alpha value is -3.23. The summed E-state index contributed by atoms with van der Waals surface area (Å²) in [4.78, 5) is 19.0. The Morgan fingerprint density at radius 1 is 1.06 bits per heavy atom. The van der Waals surface area contributed by atoms with E-state index in [9.17, 15) is 13.2 Å². The lowest BCUT2D eigenvalue weighted by molar-refractivity contribution is 0.0677. The quantitative estimate of drug-likeness (QED) is 0.551. The summed E-state index contributed by atoms with van der Waals surface area (Å²) in [6.07, 6.45) is 1.66. The zero-order chi connectivity index (χ0) is 22.3. The minimum Gasteiger partial charge on any atom is -0.383 e. The van der Waals surface area contributed by atoms with Gasteiger partial charge in [-0.3, -0.25) is 14.5 Å². The van der Waals surface area contributed by atoms with Gasteiger partial charge in [-0.2, -0.15) is 0 Å². The van der Waals surface area contributed by atoms with Crippen LogP contribution in [-0.2, 0) is 21.3 Å². The third kappa shape index (κ3) is 6.13. The van der Waals surface area contributed by atoms with Gasteiger partial charge in [-0.25, -0.2) is 8.42 Å². The van der Waals surface area contributed by atoms with E-state index in [0.717, 1.165) is 11.3 Å². The van der Waals surface area contributed by atoms with Gasteiger partial charge in [0.25, 0.3) is 15.9 Å². The van der Waals surface area contributed by atoms with Gasteiger partial charge in [0.15, 0.2) is 0 Å². The number of carbonyl (C=O) groups excluding carboxylic acids is 1. The van der Waals surface area contributed by atoms with Crippen molar-refractivity contribution in [1.82, 2.24) is 9.88 Å². The van der Waals surface area contributed by atoms with Crippen LogP contribution in [0.1, 0.15) is 21.6 Å². The van der Waals surface area contributed by atoms with Crippen LogP contribution in [0.5, 0.6) is 0 Å². The van der Waals surface area contributed by atoms with E-state index in [1.54, 1.807) is 48.5 Å². The summed E-state index contributed by atoms with van der Waals surface area (Å²) in [6.45, 7) is 2.92. The fourth-order valence-corrected chi connectivity index (χ4v) is 4.06. The van der Waals surface area contributed by atoms with E-state index >= 15 is 0 Å². The van der Waals surface area contributed by atoms with Crippen molar-refractivity contribution in [3.05, 3.63) is 89.7 Å². The molecule has 162 valence electrons. The van der Waals surface area contributed by atoms with Crippen molar-refractivity contribution < 1.29 is 17.9 Å².